The number of aryl methyl sites for hydroxylation is 3. The van der Waals surface area contributed by atoms with Gasteiger partial charge in [-0.1, -0.05) is 13.8 Å². The van der Waals surface area contributed by atoms with E-state index in [9.17, 15) is 0 Å². The van der Waals surface area contributed by atoms with Crippen LogP contribution < -0.4 is 0 Å². The van der Waals surface area contributed by atoms with Crippen molar-refractivity contribution < 1.29 is 0 Å². The zero-order valence-electron chi connectivity index (χ0n) is 7.52. The monoisotopic (exact) mass is 149 g/mol. The summed E-state index contributed by atoms with van der Waals surface area (Å²) < 4.78 is 0. The van der Waals surface area contributed by atoms with Crippen molar-refractivity contribution in [2.45, 2.75) is 33.6 Å². The minimum atomic E-state index is 1.04. The van der Waals surface area contributed by atoms with E-state index in [1.807, 2.05) is 6.20 Å². The molecular weight excluding hydrogens is 134 g/mol. The predicted octanol–water partition coefficient (Wildman–Crippen LogP) is 2.51. The molecule has 0 aliphatic rings. The minimum absolute atomic E-state index is 1.04. The summed E-state index contributed by atoms with van der Waals surface area (Å²) >= 11 is 0. The number of nitrogens with zero attached hydrogens (tertiary/aromatic N) is 1. The van der Waals surface area contributed by atoms with Gasteiger partial charge in [-0.2, -0.15) is 0 Å². The number of hydrogen-bond acceptors (Lipinski definition) is 1. The van der Waals surface area contributed by atoms with Crippen LogP contribution in [0.2, 0.25) is 0 Å². The first-order chi connectivity index (χ1) is 5.27. The molecule has 1 heterocycles. The quantitative estimate of drug-likeness (QED) is 0.629. The Labute approximate surface area is 68.5 Å². The van der Waals surface area contributed by atoms with Crippen molar-refractivity contribution in [3.63, 3.8) is 0 Å². The van der Waals surface area contributed by atoms with Gasteiger partial charge in [0.1, 0.15) is 0 Å². The van der Waals surface area contributed by atoms with Gasteiger partial charge in [0.25, 0.3) is 0 Å². The van der Waals surface area contributed by atoms with Gasteiger partial charge < -0.3 is 0 Å². The lowest BCUT2D eigenvalue weighted by molar-refractivity contribution is 0.989. The van der Waals surface area contributed by atoms with Crippen LogP contribution in [-0.4, -0.2) is 4.98 Å². The lowest BCUT2D eigenvalue weighted by atomic mass is 10.1. The summed E-state index contributed by atoms with van der Waals surface area (Å²) in [5, 5.41) is 0. The maximum Gasteiger partial charge on any atom is 0.0403 e. The molecule has 60 valence electrons. The Balaban J connectivity index is 3.02. The van der Waals surface area contributed by atoms with Gasteiger partial charge in [0.15, 0.2) is 0 Å². The summed E-state index contributed by atoms with van der Waals surface area (Å²) in [6.45, 7) is 6.43. The lowest BCUT2D eigenvalue weighted by Crippen LogP contribution is -1.93. The van der Waals surface area contributed by atoms with Crippen molar-refractivity contribution in [3.8, 4) is 0 Å². The highest BCUT2D eigenvalue weighted by molar-refractivity contribution is 5.25. The summed E-state index contributed by atoms with van der Waals surface area (Å²) in [6.07, 6.45) is 4.12. The van der Waals surface area contributed by atoms with Gasteiger partial charge in [0.2, 0.25) is 0 Å². The molecule has 0 saturated heterocycles. The van der Waals surface area contributed by atoms with Crippen molar-refractivity contribution in [2.24, 2.45) is 0 Å². The van der Waals surface area contributed by atoms with Crippen LogP contribution in [-0.2, 0) is 12.8 Å². The van der Waals surface area contributed by atoms with Crippen LogP contribution in [0.15, 0.2) is 12.3 Å². The summed E-state index contributed by atoms with van der Waals surface area (Å²) in [5.41, 5.74) is 3.94. The second kappa shape index (κ2) is 3.51. The van der Waals surface area contributed by atoms with E-state index in [2.05, 4.69) is 31.8 Å². The number of rotatable bonds is 2. The van der Waals surface area contributed by atoms with Crippen LogP contribution in [0.25, 0.3) is 0 Å². The maximum atomic E-state index is 4.31. The summed E-state index contributed by atoms with van der Waals surface area (Å²) in [4.78, 5) is 4.31. The third-order valence-corrected chi connectivity index (χ3v) is 2.01. The van der Waals surface area contributed by atoms with Crippen LogP contribution in [0.4, 0.5) is 0 Å². The Morgan fingerprint density at radius 1 is 1.27 bits per heavy atom. The van der Waals surface area contributed by atoms with Gasteiger partial charge in [0.05, 0.1) is 0 Å². The molecule has 1 rings (SSSR count). The van der Waals surface area contributed by atoms with Crippen LogP contribution in [0.3, 0.4) is 0 Å². The van der Waals surface area contributed by atoms with E-state index in [0.29, 0.717) is 0 Å². The van der Waals surface area contributed by atoms with Gasteiger partial charge in [0, 0.05) is 11.9 Å². The fourth-order valence-corrected chi connectivity index (χ4v) is 1.19. The van der Waals surface area contributed by atoms with Gasteiger partial charge >= 0.3 is 0 Å². The van der Waals surface area contributed by atoms with E-state index in [1.165, 1.54) is 16.8 Å². The summed E-state index contributed by atoms with van der Waals surface area (Å²) in [5.74, 6) is 0. The van der Waals surface area contributed by atoms with Crippen LogP contribution in [0.5, 0.6) is 0 Å². The molecule has 0 aliphatic heterocycles. The van der Waals surface area contributed by atoms with Crippen molar-refractivity contribution >= 4 is 0 Å². The molecule has 0 aromatic carbocycles. The number of hydrogen-bond donors (Lipinski definition) is 0. The SMILES string of the molecule is CCc1cc(CC)c(C)cn1. The normalized spacial score (nSPS) is 10.1. The molecular formula is C10H15N. The lowest BCUT2D eigenvalue weighted by Gasteiger charge is -2.03. The first-order valence-corrected chi connectivity index (χ1v) is 4.22. The minimum Gasteiger partial charge on any atom is -0.261 e. The van der Waals surface area contributed by atoms with E-state index < -0.39 is 0 Å². The molecule has 0 bridgehead atoms. The van der Waals surface area contributed by atoms with Crippen molar-refractivity contribution in [1.82, 2.24) is 4.98 Å². The molecule has 1 aromatic rings. The maximum absolute atomic E-state index is 4.31. The molecule has 0 atom stereocenters. The first-order valence-electron chi connectivity index (χ1n) is 4.22. The second-order valence-electron chi connectivity index (χ2n) is 2.81. The molecule has 0 radical (unpaired) electrons. The van der Waals surface area contributed by atoms with E-state index in [-0.39, 0.29) is 0 Å². The zero-order valence-corrected chi connectivity index (χ0v) is 7.52. The van der Waals surface area contributed by atoms with Gasteiger partial charge in [-0.15, -0.1) is 0 Å². The van der Waals surface area contributed by atoms with Crippen LogP contribution in [0, 0.1) is 6.92 Å². The largest absolute Gasteiger partial charge is 0.261 e. The topological polar surface area (TPSA) is 12.9 Å². The smallest absolute Gasteiger partial charge is 0.0403 e. The average Bonchev–Trinajstić information content (AvgIpc) is 2.05. The van der Waals surface area contributed by atoms with E-state index in [1.54, 1.807) is 0 Å². The third-order valence-electron chi connectivity index (χ3n) is 2.01. The molecule has 1 heteroatoms. The molecule has 0 unspecified atom stereocenters. The van der Waals surface area contributed by atoms with Crippen LogP contribution in [0.1, 0.15) is 30.7 Å². The van der Waals surface area contributed by atoms with E-state index in [0.717, 1.165) is 12.8 Å². The number of pyridine rings is 1. The molecule has 0 fully saturated rings. The van der Waals surface area contributed by atoms with Gasteiger partial charge in [-0.05, 0) is 37.0 Å². The molecule has 0 amide bonds. The van der Waals surface area contributed by atoms with Crippen LogP contribution >= 0.6 is 0 Å². The zero-order chi connectivity index (χ0) is 8.27. The highest BCUT2D eigenvalue weighted by Crippen LogP contribution is 2.08. The highest BCUT2D eigenvalue weighted by Gasteiger charge is 1.97. The van der Waals surface area contributed by atoms with Crippen molar-refractivity contribution in [3.05, 3.63) is 29.1 Å². The molecule has 0 N–H and O–H groups in total. The van der Waals surface area contributed by atoms with Crippen molar-refractivity contribution in [2.75, 3.05) is 0 Å². The molecule has 0 aliphatic carbocycles. The van der Waals surface area contributed by atoms with Crippen molar-refractivity contribution in [1.29, 1.82) is 0 Å². The highest BCUT2D eigenvalue weighted by atomic mass is 14.7. The molecule has 1 nitrogen and oxygen atoms in total. The summed E-state index contributed by atoms with van der Waals surface area (Å²) in [7, 11) is 0. The fourth-order valence-electron chi connectivity index (χ4n) is 1.19. The first kappa shape index (κ1) is 8.25. The molecule has 1 aromatic heterocycles. The molecule has 0 saturated carbocycles. The fraction of sp³-hybridized carbons (Fsp3) is 0.500. The van der Waals surface area contributed by atoms with Gasteiger partial charge in [-0.3, -0.25) is 4.98 Å². The number of aromatic nitrogens is 1. The van der Waals surface area contributed by atoms with E-state index >= 15 is 0 Å². The average molecular weight is 149 g/mol. The molecule has 0 spiro atoms. The Hall–Kier alpha value is -0.850. The Kier molecular flexibility index (Phi) is 2.64. The van der Waals surface area contributed by atoms with Gasteiger partial charge in [-0.25, -0.2) is 0 Å². The molecule has 11 heavy (non-hydrogen) atoms. The Morgan fingerprint density at radius 2 is 2.00 bits per heavy atom. The Bertz CT molecular complexity index is 241. The third kappa shape index (κ3) is 1.79. The van der Waals surface area contributed by atoms with E-state index in [4.69, 9.17) is 0 Å². The Morgan fingerprint density at radius 3 is 2.55 bits per heavy atom. The predicted molar refractivity (Wildman–Crippen MR) is 47.7 cm³/mol. The standard InChI is InChI=1S/C10H15N/c1-4-9-6-10(5-2)11-7-8(9)3/h6-7H,4-5H2,1-3H3. The second-order valence-corrected chi connectivity index (χ2v) is 2.81. The summed E-state index contributed by atoms with van der Waals surface area (Å²) in [6, 6.07) is 2.20.